The summed E-state index contributed by atoms with van der Waals surface area (Å²) in [7, 11) is 1.59. The van der Waals surface area contributed by atoms with Crippen molar-refractivity contribution in [3.8, 4) is 6.07 Å². The van der Waals surface area contributed by atoms with Crippen LogP contribution < -0.4 is 14.8 Å². The van der Waals surface area contributed by atoms with Crippen LogP contribution in [0.25, 0.3) is 11.6 Å². The number of hydrogen-bond donors (Lipinski definition) is 0. The van der Waals surface area contributed by atoms with Crippen LogP contribution in [0.3, 0.4) is 0 Å². The van der Waals surface area contributed by atoms with Gasteiger partial charge in [-0.25, -0.2) is 0 Å². The Hall–Kier alpha value is -2.50. The van der Waals surface area contributed by atoms with Crippen LogP contribution in [0.1, 0.15) is 27.2 Å². The number of halogens is 1. The number of ketones is 1. The van der Waals surface area contributed by atoms with E-state index in [1.54, 1.807) is 31.4 Å². The topological polar surface area (TPSA) is 72.1 Å². The predicted octanol–water partition coefficient (Wildman–Crippen LogP) is 3.36. The van der Waals surface area contributed by atoms with Crippen LogP contribution in [0.5, 0.6) is 0 Å². The molecule has 30 heavy (non-hydrogen) atoms. The van der Waals surface area contributed by atoms with Crippen molar-refractivity contribution in [2.75, 3.05) is 13.7 Å². The van der Waals surface area contributed by atoms with Crippen LogP contribution in [0, 0.1) is 18.3 Å². The van der Waals surface area contributed by atoms with Crippen molar-refractivity contribution in [1.82, 2.24) is 4.57 Å². The van der Waals surface area contributed by atoms with Gasteiger partial charge in [-0.15, -0.1) is 22.7 Å². The molecule has 0 fully saturated rings. The van der Waals surface area contributed by atoms with Gasteiger partial charge >= 0.3 is 0 Å². The number of rotatable bonds is 7. The molecule has 3 rings (SSSR count). The molecule has 3 aromatic rings. The molecule has 8 heteroatoms. The Kier molecular flexibility index (Phi) is 7.40. The summed E-state index contributed by atoms with van der Waals surface area (Å²) in [4.78, 5) is 27.1. The van der Waals surface area contributed by atoms with Crippen LogP contribution in [-0.2, 0) is 11.3 Å². The highest BCUT2D eigenvalue weighted by molar-refractivity contribution is 7.17. The van der Waals surface area contributed by atoms with Crippen molar-refractivity contribution in [1.29, 1.82) is 5.26 Å². The van der Waals surface area contributed by atoms with Crippen LogP contribution in [0.2, 0.25) is 4.34 Å². The first-order chi connectivity index (χ1) is 14.5. The van der Waals surface area contributed by atoms with Gasteiger partial charge in [0.2, 0.25) is 5.78 Å². The van der Waals surface area contributed by atoms with Crippen molar-refractivity contribution < 1.29 is 9.53 Å². The van der Waals surface area contributed by atoms with Gasteiger partial charge in [0, 0.05) is 30.7 Å². The Morgan fingerprint density at radius 1 is 1.27 bits per heavy atom. The smallest absolute Gasteiger partial charge is 0.269 e. The maximum Gasteiger partial charge on any atom is 0.269 e. The largest absolute Gasteiger partial charge is 0.385 e. The second-order valence-electron chi connectivity index (χ2n) is 6.49. The summed E-state index contributed by atoms with van der Waals surface area (Å²) in [6.45, 7) is 2.64. The summed E-state index contributed by atoms with van der Waals surface area (Å²) >= 11 is 8.50. The number of aryl methyl sites for hydroxylation is 1. The molecule has 0 saturated heterocycles. The molecule has 0 bridgehead atoms. The van der Waals surface area contributed by atoms with Gasteiger partial charge in [-0.3, -0.25) is 14.2 Å². The second-order valence-corrected chi connectivity index (χ2v) is 9.27. The molecule has 0 aliphatic rings. The van der Waals surface area contributed by atoms with Gasteiger partial charge in [0.15, 0.2) is 0 Å². The highest BCUT2D eigenvalue weighted by atomic mass is 35.5. The fraction of sp³-hybridized carbons (Fsp3) is 0.227. The van der Waals surface area contributed by atoms with E-state index < -0.39 is 0 Å². The Labute approximate surface area is 186 Å². The summed E-state index contributed by atoms with van der Waals surface area (Å²) in [5, 5.41) is 9.82. The predicted molar refractivity (Wildman–Crippen MR) is 122 cm³/mol. The van der Waals surface area contributed by atoms with Crippen LogP contribution in [0.4, 0.5) is 0 Å². The van der Waals surface area contributed by atoms with Gasteiger partial charge in [0.05, 0.1) is 8.87 Å². The third-order valence-electron chi connectivity index (χ3n) is 4.45. The number of nitrogens with zero attached hydrogens (tertiary/aromatic N) is 2. The van der Waals surface area contributed by atoms with Crippen molar-refractivity contribution in [3.63, 3.8) is 0 Å². The number of thiazole rings is 1. The number of benzene rings is 1. The Morgan fingerprint density at radius 2 is 2.03 bits per heavy atom. The number of carbonyl (C=O) groups excluding carboxylic acids is 1. The number of aromatic nitrogens is 1. The molecule has 2 heterocycles. The molecule has 0 radical (unpaired) electrons. The lowest BCUT2D eigenvalue weighted by Gasteiger charge is -2.05. The lowest BCUT2D eigenvalue weighted by Crippen LogP contribution is -2.33. The first-order valence-corrected chi connectivity index (χ1v) is 11.2. The van der Waals surface area contributed by atoms with E-state index in [0.29, 0.717) is 38.7 Å². The normalized spacial score (nSPS) is 12.7. The zero-order valence-corrected chi connectivity index (χ0v) is 18.9. The van der Waals surface area contributed by atoms with E-state index >= 15 is 0 Å². The number of Topliss-reactive ketones (excluding diaryl/α,β-unsaturated/α-hetero) is 1. The summed E-state index contributed by atoms with van der Waals surface area (Å²) in [5.41, 5.74) is 0.961. The minimum Gasteiger partial charge on any atom is -0.385 e. The fourth-order valence-electron chi connectivity index (χ4n) is 2.97. The molecule has 0 amide bonds. The average Bonchev–Trinajstić information content (AvgIpc) is 3.27. The van der Waals surface area contributed by atoms with Crippen molar-refractivity contribution in [2.24, 2.45) is 0 Å². The van der Waals surface area contributed by atoms with Crippen molar-refractivity contribution in [2.45, 2.75) is 19.9 Å². The zero-order valence-electron chi connectivity index (χ0n) is 16.5. The maximum absolute atomic E-state index is 13.1. The maximum atomic E-state index is 13.1. The first-order valence-electron chi connectivity index (χ1n) is 9.16. The third-order valence-corrected chi connectivity index (χ3v) is 6.76. The lowest BCUT2D eigenvalue weighted by molar-refractivity contribution is 0.105. The summed E-state index contributed by atoms with van der Waals surface area (Å²) in [6, 6.07) is 12.7. The van der Waals surface area contributed by atoms with Crippen molar-refractivity contribution in [3.05, 3.63) is 76.3 Å². The molecule has 0 spiro atoms. The number of nitriles is 1. The molecule has 0 saturated carbocycles. The molecule has 0 atom stereocenters. The van der Waals surface area contributed by atoms with E-state index in [1.807, 2.05) is 31.2 Å². The number of ether oxygens (including phenoxy) is 1. The lowest BCUT2D eigenvalue weighted by atomic mass is 10.0. The molecule has 2 aromatic heterocycles. The molecule has 1 aromatic carbocycles. The molecule has 0 aliphatic heterocycles. The molecule has 154 valence electrons. The van der Waals surface area contributed by atoms with Crippen LogP contribution in [-0.4, -0.2) is 24.1 Å². The Balaban J connectivity index is 2.25. The standard InChI is InChI=1S/C22H19ClN2O3S2/c1-14-6-3-4-7-16(14)20(26)17(13-24)22-25(10-5-11-28-2)21(27)18(30-22)12-15-8-9-19(23)29-15/h3-4,6-9,12H,5,10-11H2,1-2H3. The average molecular weight is 459 g/mol. The molecular weight excluding hydrogens is 440 g/mol. The third kappa shape index (κ3) is 4.79. The summed E-state index contributed by atoms with van der Waals surface area (Å²) < 4.78 is 8.03. The number of hydrogen-bond acceptors (Lipinski definition) is 6. The van der Waals surface area contributed by atoms with Crippen LogP contribution in [0.15, 0.2) is 41.2 Å². The molecular formula is C22H19ClN2O3S2. The minimum absolute atomic E-state index is 0.0346. The molecule has 0 N–H and O–H groups in total. The monoisotopic (exact) mass is 458 g/mol. The van der Waals surface area contributed by atoms with Crippen molar-refractivity contribution >= 4 is 51.7 Å². The number of thiophene rings is 1. The highest BCUT2D eigenvalue weighted by Crippen LogP contribution is 2.21. The number of carbonyl (C=O) groups is 1. The SMILES string of the molecule is COCCCn1c(=C(C#N)C(=O)c2ccccc2C)sc(=Cc2ccc(Cl)s2)c1=O. The van der Waals surface area contributed by atoms with Gasteiger partial charge in [0.1, 0.15) is 16.3 Å². The van der Waals surface area contributed by atoms with E-state index in [2.05, 4.69) is 0 Å². The van der Waals surface area contributed by atoms with Gasteiger partial charge in [-0.1, -0.05) is 35.9 Å². The van der Waals surface area contributed by atoms with Gasteiger partial charge < -0.3 is 4.74 Å². The van der Waals surface area contributed by atoms with E-state index in [-0.39, 0.29) is 16.9 Å². The summed E-state index contributed by atoms with van der Waals surface area (Å²) in [5.74, 6) is -0.386. The zero-order chi connectivity index (χ0) is 21.7. The first kappa shape index (κ1) is 22.2. The Bertz CT molecular complexity index is 1290. The van der Waals surface area contributed by atoms with E-state index in [0.717, 1.165) is 21.8 Å². The van der Waals surface area contributed by atoms with E-state index in [1.165, 1.54) is 15.9 Å². The summed E-state index contributed by atoms with van der Waals surface area (Å²) in [6.07, 6.45) is 2.33. The minimum atomic E-state index is -0.386. The molecule has 0 aliphatic carbocycles. The van der Waals surface area contributed by atoms with Gasteiger partial charge in [-0.2, -0.15) is 5.26 Å². The molecule has 5 nitrogen and oxygen atoms in total. The van der Waals surface area contributed by atoms with Gasteiger partial charge in [-0.05, 0) is 37.1 Å². The quantitative estimate of drug-likeness (QED) is 0.402. The fourth-order valence-corrected chi connectivity index (χ4v) is 5.16. The molecule has 0 unspecified atom stereocenters. The van der Waals surface area contributed by atoms with Gasteiger partial charge in [0.25, 0.3) is 5.56 Å². The van der Waals surface area contributed by atoms with Crippen LogP contribution >= 0.6 is 34.3 Å². The highest BCUT2D eigenvalue weighted by Gasteiger charge is 2.19. The second kappa shape index (κ2) is 10.0. The Morgan fingerprint density at radius 3 is 2.67 bits per heavy atom. The number of methoxy groups -OCH3 is 1. The van der Waals surface area contributed by atoms with E-state index in [9.17, 15) is 14.9 Å². The van der Waals surface area contributed by atoms with E-state index in [4.69, 9.17) is 16.3 Å².